The number of carbonyl (C=O) groups is 3. The number of ketones is 1. The lowest BCUT2D eigenvalue weighted by Crippen LogP contribution is -2.22. The molecule has 0 bridgehead atoms. The number of hydrogen-bond acceptors (Lipinski definition) is 6. The number of halogens is 1. The molecule has 0 saturated carbocycles. The molecule has 0 atom stereocenters. The quantitative estimate of drug-likeness (QED) is 0.472. The Morgan fingerprint density at radius 2 is 1.65 bits per heavy atom. The lowest BCUT2D eigenvalue weighted by atomic mass is 10.0. The molecule has 0 saturated heterocycles. The first-order valence-electron chi connectivity index (χ1n) is 9.03. The second kappa shape index (κ2) is 7.98. The minimum Gasteiger partial charge on any atom is -0.452 e. The summed E-state index contributed by atoms with van der Waals surface area (Å²) < 4.78 is 30.9. The lowest BCUT2D eigenvalue weighted by molar-refractivity contribution is -0.119. The molecule has 3 aromatic rings. The highest BCUT2D eigenvalue weighted by Crippen LogP contribution is 2.34. The molecule has 1 aliphatic heterocycles. The average molecular weight is 456 g/mol. The maximum atomic E-state index is 12.9. The summed E-state index contributed by atoms with van der Waals surface area (Å²) in [5, 5.41) is 2.96. The summed E-state index contributed by atoms with van der Waals surface area (Å²) >= 11 is 5.85. The Kier molecular flexibility index (Phi) is 5.34. The summed E-state index contributed by atoms with van der Waals surface area (Å²) in [5.41, 5.74) is 0.410. The summed E-state index contributed by atoms with van der Waals surface area (Å²) in [6, 6.07) is 16.0. The van der Waals surface area contributed by atoms with E-state index in [9.17, 15) is 22.8 Å². The molecule has 0 fully saturated rings. The van der Waals surface area contributed by atoms with Gasteiger partial charge in [0.15, 0.2) is 12.4 Å². The van der Waals surface area contributed by atoms with E-state index in [-0.39, 0.29) is 26.5 Å². The Balaban J connectivity index is 1.52. The molecule has 3 aromatic carbocycles. The van der Waals surface area contributed by atoms with Crippen molar-refractivity contribution < 1.29 is 27.5 Å². The molecule has 9 heteroatoms. The smallest absolute Gasteiger partial charge is 0.338 e. The van der Waals surface area contributed by atoms with Gasteiger partial charge in [-0.1, -0.05) is 29.8 Å². The second-order valence-electron chi connectivity index (χ2n) is 6.67. The number of nitrogens with one attached hydrogen (secondary N) is 1. The van der Waals surface area contributed by atoms with Gasteiger partial charge in [-0.3, -0.25) is 9.59 Å². The zero-order chi connectivity index (χ0) is 22.2. The number of esters is 1. The van der Waals surface area contributed by atoms with Gasteiger partial charge in [0.25, 0.3) is 5.91 Å². The number of hydrogen-bond donors (Lipinski definition) is 1. The molecule has 1 aliphatic rings. The van der Waals surface area contributed by atoms with Gasteiger partial charge in [0.1, 0.15) is 0 Å². The summed E-state index contributed by atoms with van der Waals surface area (Å²) in [6.07, 6.45) is 0. The van der Waals surface area contributed by atoms with Crippen molar-refractivity contribution in [2.24, 2.45) is 0 Å². The summed E-state index contributed by atoms with van der Waals surface area (Å²) in [4.78, 5) is 36.6. The molecule has 0 aromatic heterocycles. The van der Waals surface area contributed by atoms with Crippen LogP contribution >= 0.6 is 11.6 Å². The minimum absolute atomic E-state index is 0.0195. The lowest BCUT2D eigenvalue weighted by Gasteiger charge is -2.19. The Bertz CT molecular complexity index is 1350. The van der Waals surface area contributed by atoms with Gasteiger partial charge in [0, 0.05) is 21.8 Å². The Hall–Kier alpha value is -3.49. The van der Waals surface area contributed by atoms with Crippen molar-refractivity contribution in [1.82, 2.24) is 0 Å². The number of sulfone groups is 1. The first kappa shape index (κ1) is 20.8. The number of anilines is 1. The average Bonchev–Trinajstić information content (AvgIpc) is 2.76. The topological polar surface area (TPSA) is 107 Å². The molecule has 1 N–H and O–H groups in total. The van der Waals surface area contributed by atoms with Crippen LogP contribution in [0.5, 0.6) is 0 Å². The van der Waals surface area contributed by atoms with Crippen molar-refractivity contribution in [2.45, 2.75) is 9.79 Å². The molecule has 4 rings (SSSR count). The van der Waals surface area contributed by atoms with Gasteiger partial charge in [-0.15, -0.1) is 0 Å². The van der Waals surface area contributed by atoms with Gasteiger partial charge < -0.3 is 10.1 Å². The molecule has 0 spiro atoms. The molecule has 7 nitrogen and oxygen atoms in total. The molecular formula is C22H14ClNO6S. The molecular weight excluding hydrogens is 442 g/mol. The summed E-state index contributed by atoms with van der Waals surface area (Å²) in [6.45, 7) is -0.586. The zero-order valence-corrected chi connectivity index (χ0v) is 17.4. The van der Waals surface area contributed by atoms with Gasteiger partial charge in [-0.2, -0.15) is 0 Å². The van der Waals surface area contributed by atoms with Crippen molar-refractivity contribution >= 4 is 44.8 Å². The van der Waals surface area contributed by atoms with Crippen LogP contribution in [0.2, 0.25) is 5.02 Å². The highest BCUT2D eigenvalue weighted by atomic mass is 35.5. The van der Waals surface area contributed by atoms with E-state index in [2.05, 4.69) is 5.32 Å². The van der Waals surface area contributed by atoms with E-state index < -0.39 is 34.1 Å². The third kappa shape index (κ3) is 3.95. The predicted octanol–water partition coefficient (Wildman–Crippen LogP) is 3.51. The van der Waals surface area contributed by atoms with Crippen molar-refractivity contribution in [3.05, 3.63) is 88.4 Å². The highest BCUT2D eigenvalue weighted by molar-refractivity contribution is 7.91. The van der Waals surface area contributed by atoms with Crippen LogP contribution in [0.4, 0.5) is 5.69 Å². The Morgan fingerprint density at radius 3 is 2.42 bits per heavy atom. The largest absolute Gasteiger partial charge is 0.452 e. The van der Waals surface area contributed by atoms with Gasteiger partial charge >= 0.3 is 5.97 Å². The number of benzene rings is 3. The van der Waals surface area contributed by atoms with Gasteiger partial charge in [0.2, 0.25) is 9.84 Å². The van der Waals surface area contributed by atoms with Crippen LogP contribution in [0.3, 0.4) is 0 Å². The first-order valence-corrected chi connectivity index (χ1v) is 10.9. The Morgan fingerprint density at radius 1 is 0.903 bits per heavy atom. The standard InChI is InChI=1S/C22H14ClNO6S/c23-14-4-3-5-15(11-14)24-20(25)12-30-22(27)13-8-9-17-19(10-13)31(28,29)18-7-2-1-6-16(18)21(17)26/h1-11H,12H2,(H,24,25). The summed E-state index contributed by atoms with van der Waals surface area (Å²) in [5.74, 6) is -1.93. The molecule has 156 valence electrons. The van der Waals surface area contributed by atoms with Crippen molar-refractivity contribution in [1.29, 1.82) is 0 Å². The third-order valence-electron chi connectivity index (χ3n) is 4.62. The highest BCUT2D eigenvalue weighted by Gasteiger charge is 2.35. The monoisotopic (exact) mass is 455 g/mol. The van der Waals surface area contributed by atoms with Crippen molar-refractivity contribution in [3.63, 3.8) is 0 Å². The fourth-order valence-electron chi connectivity index (χ4n) is 3.19. The zero-order valence-electron chi connectivity index (χ0n) is 15.8. The van der Waals surface area contributed by atoms with E-state index in [0.29, 0.717) is 10.7 Å². The second-order valence-corrected chi connectivity index (χ2v) is 9.00. The number of ether oxygens (including phenoxy) is 1. The van der Waals surface area contributed by atoms with E-state index in [1.807, 2.05) is 0 Å². The number of rotatable bonds is 4. The molecule has 0 aliphatic carbocycles. The van der Waals surface area contributed by atoms with E-state index in [1.54, 1.807) is 24.3 Å². The third-order valence-corrected chi connectivity index (χ3v) is 6.70. The Labute approximate surface area is 182 Å². The maximum Gasteiger partial charge on any atom is 0.338 e. The van der Waals surface area contributed by atoms with Crippen LogP contribution in [0.25, 0.3) is 0 Å². The van der Waals surface area contributed by atoms with Crippen molar-refractivity contribution in [2.75, 3.05) is 11.9 Å². The SMILES string of the molecule is O=C(COC(=O)c1ccc2c(c1)S(=O)(=O)c1ccccc1C2=O)Nc1cccc(Cl)c1. The predicted molar refractivity (Wildman–Crippen MR) is 112 cm³/mol. The fourth-order valence-corrected chi connectivity index (χ4v) is 5.06. The van der Waals surface area contributed by atoms with Crippen LogP contribution in [0.1, 0.15) is 26.3 Å². The van der Waals surface area contributed by atoms with E-state index in [4.69, 9.17) is 16.3 Å². The van der Waals surface area contributed by atoms with Crippen LogP contribution in [0, 0.1) is 0 Å². The van der Waals surface area contributed by atoms with Gasteiger partial charge in [-0.25, -0.2) is 13.2 Å². The molecule has 1 heterocycles. The van der Waals surface area contributed by atoms with Crippen molar-refractivity contribution in [3.8, 4) is 0 Å². The van der Waals surface area contributed by atoms with Crippen LogP contribution in [-0.4, -0.2) is 32.7 Å². The maximum absolute atomic E-state index is 12.9. The van der Waals surface area contributed by atoms with E-state index in [0.717, 1.165) is 6.07 Å². The number of fused-ring (bicyclic) bond motifs is 2. The fraction of sp³-hybridized carbons (Fsp3) is 0.0455. The van der Waals surface area contributed by atoms with E-state index in [1.165, 1.54) is 36.4 Å². The minimum atomic E-state index is -3.99. The van der Waals surface area contributed by atoms with Gasteiger partial charge in [0.05, 0.1) is 15.4 Å². The summed E-state index contributed by atoms with van der Waals surface area (Å²) in [7, 11) is -3.99. The van der Waals surface area contributed by atoms with Crippen LogP contribution in [-0.2, 0) is 19.4 Å². The molecule has 0 unspecified atom stereocenters. The number of carbonyl (C=O) groups excluding carboxylic acids is 3. The normalized spacial score (nSPS) is 13.6. The molecule has 31 heavy (non-hydrogen) atoms. The van der Waals surface area contributed by atoms with Crippen LogP contribution in [0.15, 0.2) is 76.5 Å². The molecule has 0 radical (unpaired) electrons. The van der Waals surface area contributed by atoms with E-state index >= 15 is 0 Å². The first-order chi connectivity index (χ1) is 14.8. The molecule has 1 amide bonds. The van der Waals surface area contributed by atoms with Gasteiger partial charge in [-0.05, 0) is 48.5 Å². The van der Waals surface area contributed by atoms with Crippen LogP contribution < -0.4 is 5.32 Å². The number of amides is 1.